The zero-order valence-corrected chi connectivity index (χ0v) is 13.9. The fourth-order valence-corrected chi connectivity index (χ4v) is 2.31. The first-order valence-corrected chi connectivity index (χ1v) is 8.02. The van der Waals surface area contributed by atoms with E-state index in [1.807, 2.05) is 0 Å². The van der Waals surface area contributed by atoms with Crippen LogP contribution in [0.4, 0.5) is 0 Å². The van der Waals surface area contributed by atoms with Crippen molar-refractivity contribution in [3.63, 3.8) is 0 Å². The smallest absolute Gasteiger partial charge is 0.550 e. The fraction of sp³-hybridized carbons (Fsp3) is 0.875. The van der Waals surface area contributed by atoms with E-state index in [-0.39, 0.29) is 29.6 Å². The summed E-state index contributed by atoms with van der Waals surface area (Å²) in [6.45, 7) is 0. The second-order valence-electron chi connectivity index (χ2n) is 5.49. The normalized spacial score (nSPS) is 10.1. The average Bonchev–Trinajstić information content (AvgIpc) is 2.38. The van der Waals surface area contributed by atoms with Crippen LogP contribution in [0.3, 0.4) is 0 Å². The topological polar surface area (TPSA) is 80.3 Å². The van der Waals surface area contributed by atoms with E-state index in [0.29, 0.717) is 0 Å². The van der Waals surface area contributed by atoms with E-state index in [1.54, 1.807) is 0 Å². The molecule has 0 rings (SSSR count). The first kappa shape index (κ1) is 22.7. The minimum absolute atomic E-state index is 0. The molecule has 0 N–H and O–H groups in total. The van der Waals surface area contributed by atoms with Crippen molar-refractivity contribution in [2.24, 2.45) is 0 Å². The molecule has 0 amide bonds. The van der Waals surface area contributed by atoms with Crippen LogP contribution in [-0.4, -0.2) is 11.9 Å². The molecule has 0 saturated heterocycles. The van der Waals surface area contributed by atoms with Gasteiger partial charge in [0.15, 0.2) is 0 Å². The number of carboxylic acid groups (broad SMARTS) is 2. The van der Waals surface area contributed by atoms with Gasteiger partial charge in [-0.2, -0.15) is 0 Å². The number of carbonyl (C=O) groups is 2. The Balaban J connectivity index is 0. The fourth-order valence-electron chi connectivity index (χ4n) is 2.31. The number of aliphatic carboxylic acids is 2. The molecular formula is C16H28CoO4. The third-order valence-corrected chi connectivity index (χ3v) is 3.51. The van der Waals surface area contributed by atoms with Gasteiger partial charge in [0, 0.05) is 11.9 Å². The molecule has 0 aliphatic carbocycles. The predicted octanol–water partition coefficient (Wildman–Crippen LogP) is 1.95. The van der Waals surface area contributed by atoms with Crippen LogP contribution in [0.25, 0.3) is 0 Å². The van der Waals surface area contributed by atoms with E-state index < -0.39 is 11.9 Å². The molecule has 0 unspecified atom stereocenters. The van der Waals surface area contributed by atoms with Gasteiger partial charge in [-0.15, -0.1) is 0 Å². The van der Waals surface area contributed by atoms with E-state index in [0.717, 1.165) is 38.5 Å². The van der Waals surface area contributed by atoms with E-state index >= 15 is 0 Å². The van der Waals surface area contributed by atoms with Gasteiger partial charge in [-0.1, -0.05) is 64.2 Å². The van der Waals surface area contributed by atoms with Crippen LogP contribution in [0.1, 0.15) is 89.9 Å². The maximum absolute atomic E-state index is 10.2. The van der Waals surface area contributed by atoms with Gasteiger partial charge >= 0.3 is 16.8 Å². The molecule has 0 aromatic carbocycles. The first-order chi connectivity index (χ1) is 9.63. The maximum Gasteiger partial charge on any atom is 2.00 e. The van der Waals surface area contributed by atoms with Gasteiger partial charge in [-0.05, 0) is 25.7 Å². The summed E-state index contributed by atoms with van der Waals surface area (Å²) in [5, 5.41) is 20.4. The molecule has 0 spiro atoms. The second-order valence-corrected chi connectivity index (χ2v) is 5.49. The average molecular weight is 343 g/mol. The number of hydrogen-bond acceptors (Lipinski definition) is 4. The van der Waals surface area contributed by atoms with Crippen molar-refractivity contribution in [2.75, 3.05) is 0 Å². The molecule has 0 aliphatic rings. The van der Waals surface area contributed by atoms with Gasteiger partial charge in [0.2, 0.25) is 0 Å². The van der Waals surface area contributed by atoms with Crippen LogP contribution in [0.15, 0.2) is 0 Å². The quantitative estimate of drug-likeness (QED) is 0.426. The van der Waals surface area contributed by atoms with Gasteiger partial charge < -0.3 is 19.8 Å². The van der Waals surface area contributed by atoms with Gasteiger partial charge in [-0.3, -0.25) is 0 Å². The van der Waals surface area contributed by atoms with Gasteiger partial charge in [-0.25, -0.2) is 0 Å². The molecule has 0 heterocycles. The summed E-state index contributed by atoms with van der Waals surface area (Å²) < 4.78 is 0. The number of carboxylic acids is 2. The third-order valence-electron chi connectivity index (χ3n) is 3.51. The molecule has 0 aromatic heterocycles. The van der Waals surface area contributed by atoms with E-state index in [9.17, 15) is 19.8 Å². The first-order valence-electron chi connectivity index (χ1n) is 8.02. The molecular weight excluding hydrogens is 315 g/mol. The van der Waals surface area contributed by atoms with Crippen LogP contribution in [0.2, 0.25) is 0 Å². The summed E-state index contributed by atoms with van der Waals surface area (Å²) in [6.07, 6.45) is 13.5. The van der Waals surface area contributed by atoms with Gasteiger partial charge in [0.05, 0.1) is 0 Å². The third kappa shape index (κ3) is 21.9. The van der Waals surface area contributed by atoms with E-state index in [2.05, 4.69) is 0 Å². The maximum atomic E-state index is 10.2. The Morgan fingerprint density at radius 3 is 0.857 bits per heavy atom. The summed E-state index contributed by atoms with van der Waals surface area (Å²) in [5.74, 6) is -1.88. The molecule has 0 aliphatic heterocycles. The van der Waals surface area contributed by atoms with Crippen molar-refractivity contribution in [3.8, 4) is 0 Å². The van der Waals surface area contributed by atoms with Gasteiger partial charge in [0.25, 0.3) is 0 Å². The summed E-state index contributed by atoms with van der Waals surface area (Å²) >= 11 is 0. The Morgan fingerprint density at radius 2 is 0.667 bits per heavy atom. The van der Waals surface area contributed by atoms with Crippen LogP contribution in [0.5, 0.6) is 0 Å². The minimum atomic E-state index is -0.940. The number of hydrogen-bond donors (Lipinski definition) is 0. The van der Waals surface area contributed by atoms with Crippen LogP contribution in [-0.2, 0) is 26.4 Å². The van der Waals surface area contributed by atoms with Crippen molar-refractivity contribution in [3.05, 3.63) is 0 Å². The molecule has 0 saturated carbocycles. The van der Waals surface area contributed by atoms with Crippen molar-refractivity contribution in [1.29, 1.82) is 0 Å². The summed E-state index contributed by atoms with van der Waals surface area (Å²) in [7, 11) is 0. The Kier molecular flexibility index (Phi) is 18.9. The van der Waals surface area contributed by atoms with Crippen LogP contribution >= 0.6 is 0 Å². The Labute approximate surface area is 138 Å². The van der Waals surface area contributed by atoms with E-state index in [1.165, 1.54) is 38.5 Å². The Morgan fingerprint density at radius 1 is 0.476 bits per heavy atom. The monoisotopic (exact) mass is 343 g/mol. The Bertz CT molecular complexity index is 231. The molecule has 21 heavy (non-hydrogen) atoms. The van der Waals surface area contributed by atoms with E-state index in [4.69, 9.17) is 0 Å². The SMILES string of the molecule is O=C([O-])CCCCCCCCCCCCCCC(=O)[O-].[Co+2]. The van der Waals surface area contributed by atoms with Crippen LogP contribution < -0.4 is 10.2 Å². The Hall–Kier alpha value is -0.554. The molecule has 125 valence electrons. The standard InChI is InChI=1S/C16H30O4.Co/c17-15(18)13-11-9-7-5-3-1-2-4-6-8-10-12-14-16(19)20;/h1-14H2,(H,17,18)(H,19,20);/q;+2/p-2. The minimum Gasteiger partial charge on any atom is -0.550 e. The molecule has 0 bridgehead atoms. The molecule has 0 fully saturated rings. The van der Waals surface area contributed by atoms with Crippen LogP contribution in [0, 0.1) is 0 Å². The molecule has 0 atom stereocenters. The molecule has 1 radical (unpaired) electrons. The number of unbranched alkanes of at least 4 members (excludes halogenated alkanes) is 11. The van der Waals surface area contributed by atoms with Gasteiger partial charge in [0.1, 0.15) is 0 Å². The zero-order chi connectivity index (χ0) is 15.1. The molecule has 0 aromatic rings. The largest absolute Gasteiger partial charge is 2.00 e. The second kappa shape index (κ2) is 17.5. The van der Waals surface area contributed by atoms with Crippen molar-refractivity contribution in [2.45, 2.75) is 89.9 Å². The predicted molar refractivity (Wildman–Crippen MR) is 74.7 cm³/mol. The summed E-state index contributed by atoms with van der Waals surface area (Å²) in [4.78, 5) is 20.4. The summed E-state index contributed by atoms with van der Waals surface area (Å²) in [5.41, 5.74) is 0. The van der Waals surface area contributed by atoms with Crippen molar-refractivity contribution < 1.29 is 36.6 Å². The summed E-state index contributed by atoms with van der Waals surface area (Å²) in [6, 6.07) is 0. The number of carbonyl (C=O) groups excluding carboxylic acids is 2. The van der Waals surface area contributed by atoms with Crippen molar-refractivity contribution >= 4 is 11.9 Å². The number of rotatable bonds is 15. The van der Waals surface area contributed by atoms with Crippen molar-refractivity contribution in [1.82, 2.24) is 0 Å². The zero-order valence-electron chi connectivity index (χ0n) is 12.9. The molecule has 4 nitrogen and oxygen atoms in total. The molecule has 5 heteroatoms.